The number of nitrogens with zero attached hydrogens (tertiary/aromatic N) is 2. The standard InChI is InChI=1S/C16H18FN3O2/c1-11-9-18-19-16(11)14-10-22-7-6-20(14)15(21)8-12-4-2-3-5-13(12)17/h2-5,9,14H,6-8,10H2,1H3,(H,18,19). The lowest BCUT2D eigenvalue weighted by atomic mass is 10.1. The van der Waals surface area contributed by atoms with Crippen LogP contribution in [0.1, 0.15) is 22.9 Å². The number of aromatic nitrogens is 2. The molecule has 1 saturated heterocycles. The zero-order valence-electron chi connectivity index (χ0n) is 12.4. The van der Waals surface area contributed by atoms with Gasteiger partial charge in [0.2, 0.25) is 5.91 Å². The van der Waals surface area contributed by atoms with Crippen molar-refractivity contribution in [2.75, 3.05) is 19.8 Å². The van der Waals surface area contributed by atoms with E-state index in [1.165, 1.54) is 6.07 Å². The van der Waals surface area contributed by atoms with Gasteiger partial charge in [-0.25, -0.2) is 4.39 Å². The van der Waals surface area contributed by atoms with E-state index in [-0.39, 0.29) is 24.2 Å². The number of ether oxygens (including phenoxy) is 1. The number of H-pyrrole nitrogens is 1. The highest BCUT2D eigenvalue weighted by molar-refractivity contribution is 5.79. The number of hydrogen-bond acceptors (Lipinski definition) is 3. The molecule has 1 amide bonds. The summed E-state index contributed by atoms with van der Waals surface area (Å²) in [7, 11) is 0. The van der Waals surface area contributed by atoms with Crippen LogP contribution in [-0.4, -0.2) is 40.8 Å². The Morgan fingerprint density at radius 2 is 2.32 bits per heavy atom. The summed E-state index contributed by atoms with van der Waals surface area (Å²) in [5.41, 5.74) is 2.28. The summed E-state index contributed by atoms with van der Waals surface area (Å²) in [5.74, 6) is -0.453. The van der Waals surface area contributed by atoms with E-state index in [4.69, 9.17) is 4.74 Å². The largest absolute Gasteiger partial charge is 0.377 e. The summed E-state index contributed by atoms with van der Waals surface area (Å²) in [5, 5.41) is 6.95. The number of amides is 1. The molecule has 5 nitrogen and oxygen atoms in total. The quantitative estimate of drug-likeness (QED) is 0.943. The molecule has 0 spiro atoms. The molecule has 1 atom stereocenters. The number of aromatic amines is 1. The fraction of sp³-hybridized carbons (Fsp3) is 0.375. The van der Waals surface area contributed by atoms with E-state index in [1.807, 2.05) is 6.92 Å². The van der Waals surface area contributed by atoms with Gasteiger partial charge in [0.25, 0.3) is 0 Å². The van der Waals surface area contributed by atoms with Crippen molar-refractivity contribution in [1.29, 1.82) is 0 Å². The van der Waals surface area contributed by atoms with Gasteiger partial charge in [0, 0.05) is 6.54 Å². The van der Waals surface area contributed by atoms with Crippen LogP contribution in [0, 0.1) is 12.7 Å². The van der Waals surface area contributed by atoms with Crippen molar-refractivity contribution >= 4 is 5.91 Å². The molecule has 0 saturated carbocycles. The van der Waals surface area contributed by atoms with Crippen LogP contribution in [0.3, 0.4) is 0 Å². The van der Waals surface area contributed by atoms with Crippen molar-refractivity contribution in [2.24, 2.45) is 0 Å². The minimum Gasteiger partial charge on any atom is -0.377 e. The van der Waals surface area contributed by atoms with Crippen LogP contribution in [-0.2, 0) is 16.0 Å². The fourth-order valence-electron chi connectivity index (χ4n) is 2.74. The maximum atomic E-state index is 13.7. The van der Waals surface area contributed by atoms with E-state index in [2.05, 4.69) is 10.2 Å². The maximum absolute atomic E-state index is 13.7. The summed E-state index contributed by atoms with van der Waals surface area (Å²) >= 11 is 0. The molecule has 1 N–H and O–H groups in total. The van der Waals surface area contributed by atoms with Crippen LogP contribution in [0.5, 0.6) is 0 Å². The van der Waals surface area contributed by atoms with Crippen molar-refractivity contribution in [3.8, 4) is 0 Å². The van der Waals surface area contributed by atoms with E-state index in [0.717, 1.165) is 11.3 Å². The van der Waals surface area contributed by atoms with E-state index >= 15 is 0 Å². The first-order valence-electron chi connectivity index (χ1n) is 7.27. The molecule has 0 radical (unpaired) electrons. The molecule has 6 heteroatoms. The number of morpholine rings is 1. The number of halogens is 1. The van der Waals surface area contributed by atoms with Gasteiger partial charge >= 0.3 is 0 Å². The van der Waals surface area contributed by atoms with Crippen LogP contribution < -0.4 is 0 Å². The molecule has 2 heterocycles. The summed E-state index contributed by atoms with van der Waals surface area (Å²) in [6, 6.07) is 6.18. The third-order valence-electron chi connectivity index (χ3n) is 3.95. The topological polar surface area (TPSA) is 58.2 Å². The Labute approximate surface area is 128 Å². The molecule has 0 aliphatic carbocycles. The zero-order chi connectivity index (χ0) is 15.5. The van der Waals surface area contributed by atoms with Gasteiger partial charge in [-0.15, -0.1) is 0 Å². The Kier molecular flexibility index (Phi) is 4.20. The lowest BCUT2D eigenvalue weighted by Gasteiger charge is -2.35. The maximum Gasteiger partial charge on any atom is 0.227 e. The van der Waals surface area contributed by atoms with Crippen LogP contribution >= 0.6 is 0 Å². The molecule has 0 bridgehead atoms. The third-order valence-corrected chi connectivity index (χ3v) is 3.95. The van der Waals surface area contributed by atoms with Crippen LogP contribution in [0.25, 0.3) is 0 Å². The normalized spacial score (nSPS) is 18.5. The first kappa shape index (κ1) is 14.7. The Hall–Kier alpha value is -2.21. The second kappa shape index (κ2) is 6.27. The summed E-state index contributed by atoms with van der Waals surface area (Å²) in [6.45, 7) is 3.35. The van der Waals surface area contributed by atoms with Gasteiger partial charge in [-0.3, -0.25) is 9.89 Å². The van der Waals surface area contributed by atoms with E-state index in [9.17, 15) is 9.18 Å². The van der Waals surface area contributed by atoms with Gasteiger partial charge in [0.1, 0.15) is 5.82 Å². The summed E-state index contributed by atoms with van der Waals surface area (Å²) in [4.78, 5) is 14.4. The molecule has 1 aliphatic rings. The van der Waals surface area contributed by atoms with E-state index < -0.39 is 0 Å². The average Bonchev–Trinajstić information content (AvgIpc) is 2.95. The lowest BCUT2D eigenvalue weighted by Crippen LogP contribution is -2.44. The van der Waals surface area contributed by atoms with Crippen molar-refractivity contribution in [2.45, 2.75) is 19.4 Å². The van der Waals surface area contributed by atoms with Crippen molar-refractivity contribution in [3.05, 3.63) is 53.1 Å². The van der Waals surface area contributed by atoms with Crippen LogP contribution in [0.15, 0.2) is 30.5 Å². The van der Waals surface area contributed by atoms with Gasteiger partial charge in [-0.05, 0) is 24.1 Å². The van der Waals surface area contributed by atoms with Gasteiger partial charge < -0.3 is 9.64 Å². The molecule has 116 valence electrons. The molecule has 2 aromatic rings. The molecule has 3 rings (SSSR count). The van der Waals surface area contributed by atoms with Gasteiger partial charge in [0.15, 0.2) is 0 Å². The van der Waals surface area contributed by atoms with Crippen molar-refractivity contribution in [1.82, 2.24) is 15.1 Å². The molecule has 1 fully saturated rings. The molecular weight excluding hydrogens is 285 g/mol. The SMILES string of the molecule is Cc1cn[nH]c1C1COCCN1C(=O)Cc1ccccc1F. The predicted octanol–water partition coefficient (Wildman–Crippen LogP) is 2.00. The highest BCUT2D eigenvalue weighted by atomic mass is 19.1. The smallest absolute Gasteiger partial charge is 0.227 e. The second-order valence-electron chi connectivity index (χ2n) is 5.41. The number of rotatable bonds is 3. The number of nitrogens with one attached hydrogen (secondary N) is 1. The molecule has 1 aromatic heterocycles. The Morgan fingerprint density at radius 3 is 3.05 bits per heavy atom. The third kappa shape index (κ3) is 2.87. The Bertz CT molecular complexity index is 671. The van der Waals surface area contributed by atoms with E-state index in [0.29, 0.717) is 25.3 Å². The lowest BCUT2D eigenvalue weighted by molar-refractivity contribution is -0.139. The fourth-order valence-corrected chi connectivity index (χ4v) is 2.74. The number of hydrogen-bond donors (Lipinski definition) is 1. The van der Waals surface area contributed by atoms with Gasteiger partial charge in [0.05, 0.1) is 37.6 Å². The van der Waals surface area contributed by atoms with Crippen LogP contribution in [0.2, 0.25) is 0 Å². The minimum absolute atomic E-state index is 0.0519. The van der Waals surface area contributed by atoms with Crippen molar-refractivity contribution in [3.63, 3.8) is 0 Å². The molecule has 1 aliphatic heterocycles. The number of aryl methyl sites for hydroxylation is 1. The molecule has 22 heavy (non-hydrogen) atoms. The monoisotopic (exact) mass is 303 g/mol. The Morgan fingerprint density at radius 1 is 1.50 bits per heavy atom. The second-order valence-corrected chi connectivity index (χ2v) is 5.41. The number of carbonyl (C=O) groups excluding carboxylic acids is 1. The summed E-state index contributed by atoms with van der Waals surface area (Å²) < 4.78 is 19.2. The minimum atomic E-state index is -0.349. The highest BCUT2D eigenvalue weighted by Gasteiger charge is 2.30. The molecule has 1 aromatic carbocycles. The van der Waals surface area contributed by atoms with Gasteiger partial charge in [-0.1, -0.05) is 18.2 Å². The Balaban J connectivity index is 1.80. The van der Waals surface area contributed by atoms with Gasteiger partial charge in [-0.2, -0.15) is 5.10 Å². The summed E-state index contributed by atoms with van der Waals surface area (Å²) in [6.07, 6.45) is 1.78. The first-order valence-corrected chi connectivity index (χ1v) is 7.27. The predicted molar refractivity (Wildman–Crippen MR) is 78.7 cm³/mol. The highest BCUT2D eigenvalue weighted by Crippen LogP contribution is 2.25. The molecular formula is C16H18FN3O2. The first-order chi connectivity index (χ1) is 10.7. The van der Waals surface area contributed by atoms with Crippen LogP contribution in [0.4, 0.5) is 4.39 Å². The number of carbonyl (C=O) groups is 1. The zero-order valence-corrected chi connectivity index (χ0v) is 12.4. The molecule has 1 unspecified atom stereocenters. The average molecular weight is 303 g/mol. The van der Waals surface area contributed by atoms with Crippen molar-refractivity contribution < 1.29 is 13.9 Å². The van der Waals surface area contributed by atoms with E-state index in [1.54, 1.807) is 29.3 Å². The number of benzene rings is 1.